The standard InChI is InChI=1S/C28H25N5O2/c29-20-24(18-23-10-7-13-26(19-23)35-21-22-8-3-1-4-9-22)27-30-31-28(32-14-16-34-17-15-32)33(27)25-11-5-2-6-12-25/h1-13,18-19H,14-17,21H2. The van der Waals surface area contributed by atoms with Crippen LogP contribution in [0.25, 0.3) is 17.3 Å². The lowest BCUT2D eigenvalue weighted by atomic mass is 10.1. The molecule has 0 atom stereocenters. The van der Waals surface area contributed by atoms with E-state index in [-0.39, 0.29) is 0 Å². The number of ether oxygens (including phenoxy) is 2. The van der Waals surface area contributed by atoms with Crippen LogP contribution in [0.15, 0.2) is 84.9 Å². The van der Waals surface area contributed by atoms with Crippen LogP contribution >= 0.6 is 0 Å². The number of para-hydroxylation sites is 1. The maximum absolute atomic E-state index is 10.1. The number of anilines is 1. The van der Waals surface area contributed by atoms with Gasteiger partial charge in [-0.1, -0.05) is 60.7 Å². The Morgan fingerprint density at radius 1 is 0.943 bits per heavy atom. The topological polar surface area (TPSA) is 76.2 Å². The van der Waals surface area contributed by atoms with Gasteiger partial charge in [0.15, 0.2) is 5.82 Å². The Morgan fingerprint density at radius 2 is 1.69 bits per heavy atom. The van der Waals surface area contributed by atoms with E-state index in [4.69, 9.17) is 9.47 Å². The van der Waals surface area contributed by atoms with E-state index in [1.807, 2.05) is 95.6 Å². The van der Waals surface area contributed by atoms with Crippen LogP contribution in [0.3, 0.4) is 0 Å². The van der Waals surface area contributed by atoms with Crippen LogP contribution in [0.2, 0.25) is 0 Å². The highest BCUT2D eigenvalue weighted by molar-refractivity contribution is 5.88. The van der Waals surface area contributed by atoms with E-state index in [2.05, 4.69) is 21.2 Å². The highest BCUT2D eigenvalue weighted by atomic mass is 16.5. The molecule has 4 aromatic rings. The first-order chi connectivity index (χ1) is 17.3. The number of hydrogen-bond acceptors (Lipinski definition) is 6. The number of aromatic nitrogens is 3. The highest BCUT2D eigenvalue weighted by Crippen LogP contribution is 2.27. The van der Waals surface area contributed by atoms with Gasteiger partial charge in [0.1, 0.15) is 18.4 Å². The molecular formula is C28H25N5O2. The van der Waals surface area contributed by atoms with E-state index in [9.17, 15) is 5.26 Å². The van der Waals surface area contributed by atoms with Gasteiger partial charge >= 0.3 is 0 Å². The van der Waals surface area contributed by atoms with Crippen molar-refractivity contribution in [1.82, 2.24) is 14.8 Å². The summed E-state index contributed by atoms with van der Waals surface area (Å²) in [5.74, 6) is 1.94. The second-order valence-electron chi connectivity index (χ2n) is 8.11. The predicted molar refractivity (Wildman–Crippen MR) is 135 cm³/mol. The Kier molecular flexibility index (Phi) is 6.83. The number of benzene rings is 3. The van der Waals surface area contributed by atoms with Crippen LogP contribution < -0.4 is 9.64 Å². The fourth-order valence-electron chi connectivity index (χ4n) is 3.98. The van der Waals surface area contributed by atoms with Gasteiger partial charge in [-0.3, -0.25) is 4.57 Å². The van der Waals surface area contributed by atoms with Crippen molar-refractivity contribution in [2.45, 2.75) is 6.61 Å². The summed E-state index contributed by atoms with van der Waals surface area (Å²) in [6, 6.07) is 29.9. The molecule has 0 spiro atoms. The fourth-order valence-corrected chi connectivity index (χ4v) is 3.98. The molecule has 7 nitrogen and oxygen atoms in total. The molecule has 5 rings (SSSR count). The molecule has 0 aliphatic carbocycles. The number of nitrogens with zero attached hydrogens (tertiary/aromatic N) is 5. The van der Waals surface area contributed by atoms with Gasteiger partial charge in [-0.15, -0.1) is 10.2 Å². The third kappa shape index (κ3) is 5.24. The molecule has 0 unspecified atom stereocenters. The van der Waals surface area contributed by atoms with Gasteiger partial charge in [0.05, 0.1) is 24.5 Å². The van der Waals surface area contributed by atoms with Crippen molar-refractivity contribution in [3.63, 3.8) is 0 Å². The Labute approximate surface area is 204 Å². The number of morpholine rings is 1. The maximum Gasteiger partial charge on any atom is 0.232 e. The average Bonchev–Trinajstić information content (AvgIpc) is 3.37. The maximum atomic E-state index is 10.1. The minimum absolute atomic E-state index is 0.418. The van der Waals surface area contributed by atoms with Crippen molar-refractivity contribution in [3.05, 3.63) is 102 Å². The zero-order chi connectivity index (χ0) is 23.9. The summed E-state index contributed by atoms with van der Waals surface area (Å²) in [4.78, 5) is 2.14. The number of nitriles is 1. The van der Waals surface area contributed by atoms with E-state index in [0.29, 0.717) is 37.2 Å². The smallest absolute Gasteiger partial charge is 0.232 e. The van der Waals surface area contributed by atoms with Crippen molar-refractivity contribution in [1.29, 1.82) is 5.26 Å². The zero-order valence-corrected chi connectivity index (χ0v) is 19.2. The molecule has 1 aliphatic heterocycles. The molecule has 35 heavy (non-hydrogen) atoms. The molecule has 3 aromatic carbocycles. The molecule has 7 heteroatoms. The van der Waals surface area contributed by atoms with Gasteiger partial charge in [0, 0.05) is 13.1 Å². The molecule has 0 amide bonds. The summed E-state index contributed by atoms with van der Waals surface area (Å²) in [5.41, 5.74) is 3.26. The number of rotatable bonds is 7. The average molecular weight is 464 g/mol. The molecule has 0 radical (unpaired) electrons. The summed E-state index contributed by atoms with van der Waals surface area (Å²) in [6.07, 6.45) is 1.82. The molecule has 174 valence electrons. The molecule has 2 heterocycles. The predicted octanol–water partition coefficient (Wildman–Crippen LogP) is 4.75. The minimum Gasteiger partial charge on any atom is -0.489 e. The van der Waals surface area contributed by atoms with E-state index in [0.717, 1.165) is 35.7 Å². The van der Waals surface area contributed by atoms with Crippen molar-refractivity contribution < 1.29 is 9.47 Å². The molecular weight excluding hydrogens is 438 g/mol. The third-order valence-corrected chi connectivity index (χ3v) is 5.73. The van der Waals surface area contributed by atoms with E-state index >= 15 is 0 Å². The number of hydrogen-bond donors (Lipinski definition) is 0. The monoisotopic (exact) mass is 463 g/mol. The first-order valence-electron chi connectivity index (χ1n) is 11.5. The van der Waals surface area contributed by atoms with Crippen LogP contribution in [-0.4, -0.2) is 41.1 Å². The van der Waals surface area contributed by atoms with Crippen LogP contribution in [0.4, 0.5) is 5.95 Å². The minimum atomic E-state index is 0.418. The lowest BCUT2D eigenvalue weighted by molar-refractivity contribution is 0.122. The molecule has 0 N–H and O–H groups in total. The lowest BCUT2D eigenvalue weighted by Gasteiger charge is -2.28. The highest BCUT2D eigenvalue weighted by Gasteiger charge is 2.23. The van der Waals surface area contributed by atoms with Crippen LogP contribution in [0, 0.1) is 11.3 Å². The van der Waals surface area contributed by atoms with Crippen molar-refractivity contribution in [3.8, 4) is 17.5 Å². The molecule has 1 saturated heterocycles. The normalized spacial score (nSPS) is 13.9. The first kappa shape index (κ1) is 22.4. The SMILES string of the molecule is N#CC(=Cc1cccc(OCc2ccccc2)c1)c1nnc(N2CCOCC2)n1-c1ccccc1. The molecule has 1 fully saturated rings. The second kappa shape index (κ2) is 10.7. The van der Waals surface area contributed by atoms with Crippen molar-refractivity contribution in [2.75, 3.05) is 31.2 Å². The van der Waals surface area contributed by atoms with Crippen molar-refractivity contribution >= 4 is 17.6 Å². The van der Waals surface area contributed by atoms with Gasteiger partial charge in [0.2, 0.25) is 5.95 Å². The summed E-state index contributed by atoms with van der Waals surface area (Å²) in [7, 11) is 0. The molecule has 0 bridgehead atoms. The van der Waals surface area contributed by atoms with Crippen LogP contribution in [0.5, 0.6) is 5.75 Å². The van der Waals surface area contributed by atoms with E-state index in [1.165, 1.54) is 0 Å². The fraction of sp³-hybridized carbons (Fsp3) is 0.179. The molecule has 1 aromatic heterocycles. The first-order valence-corrected chi connectivity index (χ1v) is 11.5. The molecule has 1 aliphatic rings. The summed E-state index contributed by atoms with van der Waals surface area (Å²) in [5, 5.41) is 19.0. The summed E-state index contributed by atoms with van der Waals surface area (Å²) in [6.45, 7) is 3.18. The Bertz CT molecular complexity index is 1340. The quantitative estimate of drug-likeness (QED) is 0.368. The van der Waals surface area contributed by atoms with Crippen molar-refractivity contribution in [2.24, 2.45) is 0 Å². The Balaban J connectivity index is 1.47. The van der Waals surface area contributed by atoms with Crippen LogP contribution in [0.1, 0.15) is 17.0 Å². The van der Waals surface area contributed by atoms with Crippen LogP contribution in [-0.2, 0) is 11.3 Å². The largest absolute Gasteiger partial charge is 0.489 e. The van der Waals surface area contributed by atoms with Gasteiger partial charge < -0.3 is 14.4 Å². The zero-order valence-electron chi connectivity index (χ0n) is 19.2. The molecule has 0 saturated carbocycles. The number of allylic oxidation sites excluding steroid dienone is 1. The lowest BCUT2D eigenvalue weighted by Crippen LogP contribution is -2.38. The Morgan fingerprint density at radius 3 is 2.43 bits per heavy atom. The van der Waals surface area contributed by atoms with E-state index in [1.54, 1.807) is 0 Å². The Hall–Kier alpha value is -4.41. The van der Waals surface area contributed by atoms with Gasteiger partial charge in [-0.05, 0) is 41.5 Å². The second-order valence-corrected chi connectivity index (χ2v) is 8.11. The summed E-state index contributed by atoms with van der Waals surface area (Å²) < 4.78 is 13.4. The van der Waals surface area contributed by atoms with Gasteiger partial charge in [-0.2, -0.15) is 5.26 Å². The summed E-state index contributed by atoms with van der Waals surface area (Å²) >= 11 is 0. The van der Waals surface area contributed by atoms with E-state index < -0.39 is 0 Å². The van der Waals surface area contributed by atoms with Gasteiger partial charge in [-0.25, -0.2) is 0 Å². The van der Waals surface area contributed by atoms with Gasteiger partial charge in [0.25, 0.3) is 0 Å². The third-order valence-electron chi connectivity index (χ3n) is 5.73.